The highest BCUT2D eigenvalue weighted by molar-refractivity contribution is 8.02. The van der Waals surface area contributed by atoms with Crippen LogP contribution >= 0.6 is 11.8 Å². The van der Waals surface area contributed by atoms with Crippen molar-refractivity contribution in [2.24, 2.45) is 17.8 Å². The van der Waals surface area contributed by atoms with Gasteiger partial charge in [0.2, 0.25) is 11.8 Å². The number of rotatable bonds is 8. The average molecular weight is 644 g/mol. The van der Waals surface area contributed by atoms with Gasteiger partial charge in [-0.1, -0.05) is 56.7 Å². The second-order valence-electron chi connectivity index (χ2n) is 13.3. The minimum atomic E-state index is -0.997. The van der Waals surface area contributed by atoms with Crippen molar-refractivity contribution in [1.82, 2.24) is 4.90 Å². The van der Waals surface area contributed by atoms with Crippen molar-refractivity contribution < 1.29 is 24.2 Å². The summed E-state index contributed by atoms with van der Waals surface area (Å²) < 4.78 is 3.90. The molecule has 2 saturated heterocycles. The fourth-order valence-electron chi connectivity index (χ4n) is 7.98. The number of thioether (sulfide) groups is 1. The number of aryl methyl sites for hydroxylation is 2. The zero-order valence-corrected chi connectivity index (χ0v) is 28.4. The molecule has 6 rings (SSSR count). The molecule has 4 aliphatic rings. The Morgan fingerprint density at radius 3 is 2.30 bits per heavy atom. The summed E-state index contributed by atoms with van der Waals surface area (Å²) in [6, 6.07) is 12.1. The molecule has 8 nitrogen and oxygen atoms in total. The fourth-order valence-corrected chi connectivity index (χ4v) is 10.1. The van der Waals surface area contributed by atoms with Crippen molar-refractivity contribution in [2.45, 2.75) is 69.5 Å². The zero-order valence-electron chi connectivity index (χ0n) is 27.6. The van der Waals surface area contributed by atoms with Crippen LogP contribution in [0.15, 0.2) is 66.8 Å². The van der Waals surface area contributed by atoms with E-state index in [1.807, 2.05) is 102 Å². The summed E-state index contributed by atoms with van der Waals surface area (Å²) in [5, 5.41) is 10.8. The Bertz CT molecular complexity index is 1590. The molecular weight excluding hydrogens is 598 g/mol. The summed E-state index contributed by atoms with van der Waals surface area (Å²) in [4.78, 5) is 50.0. The van der Waals surface area contributed by atoms with Gasteiger partial charge in [0.25, 0.3) is 5.91 Å². The van der Waals surface area contributed by atoms with Gasteiger partial charge in [0.05, 0.1) is 35.8 Å². The van der Waals surface area contributed by atoms with E-state index in [1.165, 1.54) is 0 Å². The van der Waals surface area contributed by atoms with Crippen molar-refractivity contribution in [2.75, 3.05) is 36.1 Å². The number of hydrogen-bond acceptors (Lipinski definition) is 6. The van der Waals surface area contributed by atoms with Crippen molar-refractivity contribution in [3.05, 3.63) is 77.9 Å². The third-order valence-electron chi connectivity index (χ3n) is 10.5. The van der Waals surface area contributed by atoms with E-state index < -0.39 is 33.4 Å². The molecule has 4 heterocycles. The molecule has 1 N–H and O–H groups in total. The van der Waals surface area contributed by atoms with Gasteiger partial charge in [0, 0.05) is 29.2 Å². The molecule has 2 fully saturated rings. The number of carbonyl (C=O) groups is 3. The number of anilines is 2. The number of ether oxygens (including phenoxy) is 1. The molecule has 2 aromatic rings. The maximum Gasteiger partial charge on any atom is 0.251 e. The summed E-state index contributed by atoms with van der Waals surface area (Å²) in [6.45, 7) is 13.0. The number of benzene rings is 2. The van der Waals surface area contributed by atoms with Gasteiger partial charge >= 0.3 is 0 Å². The smallest absolute Gasteiger partial charge is 0.251 e. The molecule has 0 aliphatic carbocycles. The van der Waals surface area contributed by atoms with E-state index in [0.717, 1.165) is 34.7 Å². The highest BCUT2D eigenvalue weighted by Crippen LogP contribution is 2.66. The lowest BCUT2D eigenvalue weighted by Gasteiger charge is -2.41. The molecule has 1 unspecified atom stereocenters. The van der Waals surface area contributed by atoms with Crippen LogP contribution in [-0.4, -0.2) is 75.6 Å². The van der Waals surface area contributed by atoms with Crippen LogP contribution in [0.4, 0.5) is 11.4 Å². The SMILES string of the molecule is CCOc1ccc(N2CC=C[C@]3(C)S[C@]45C=CCN(c6cc(C)ccc6C)C(=O)C4N([C@@H](CO)[C@@H](C)CC)C(=O)[C@@H]5[C@@H]3C2=O)cc1. The quantitative estimate of drug-likeness (QED) is 0.393. The topological polar surface area (TPSA) is 90.4 Å². The molecule has 46 heavy (non-hydrogen) atoms. The maximum absolute atomic E-state index is 15.0. The normalized spacial score (nSPS) is 30.1. The van der Waals surface area contributed by atoms with E-state index in [2.05, 4.69) is 6.08 Å². The highest BCUT2D eigenvalue weighted by atomic mass is 32.2. The molecular formula is C37H45N3O5S. The number of aliphatic hydroxyl groups excluding tert-OH is 1. The van der Waals surface area contributed by atoms with Gasteiger partial charge in [-0.25, -0.2) is 0 Å². The zero-order chi connectivity index (χ0) is 33.0. The summed E-state index contributed by atoms with van der Waals surface area (Å²) in [6.07, 6.45) is 8.85. The number of aliphatic hydroxyl groups is 1. The average Bonchev–Trinajstić information content (AvgIpc) is 3.30. The summed E-state index contributed by atoms with van der Waals surface area (Å²) in [5.74, 6) is -1.38. The van der Waals surface area contributed by atoms with Crippen molar-refractivity contribution in [3.8, 4) is 5.75 Å². The number of carbonyl (C=O) groups excluding carboxylic acids is 3. The Labute approximate surface area is 276 Å². The maximum atomic E-state index is 15.0. The van der Waals surface area contributed by atoms with Crippen molar-refractivity contribution in [3.63, 3.8) is 0 Å². The van der Waals surface area contributed by atoms with Crippen LogP contribution in [0.2, 0.25) is 0 Å². The second kappa shape index (κ2) is 12.2. The van der Waals surface area contributed by atoms with E-state index in [9.17, 15) is 14.7 Å². The predicted octanol–water partition coefficient (Wildman–Crippen LogP) is 5.30. The predicted molar refractivity (Wildman–Crippen MR) is 183 cm³/mol. The van der Waals surface area contributed by atoms with Gasteiger partial charge in [-0.15, -0.1) is 11.8 Å². The molecule has 0 radical (unpaired) electrons. The lowest BCUT2D eigenvalue weighted by atomic mass is 9.74. The van der Waals surface area contributed by atoms with E-state index in [4.69, 9.17) is 4.74 Å². The summed E-state index contributed by atoms with van der Waals surface area (Å²) in [5.41, 5.74) is 3.55. The summed E-state index contributed by atoms with van der Waals surface area (Å²) in [7, 11) is 0. The number of amides is 3. The second-order valence-corrected chi connectivity index (χ2v) is 15.1. The molecule has 2 aromatic carbocycles. The third kappa shape index (κ3) is 4.98. The highest BCUT2D eigenvalue weighted by Gasteiger charge is 2.74. The van der Waals surface area contributed by atoms with Gasteiger partial charge in [0.1, 0.15) is 11.8 Å². The number of fused-ring (bicyclic) bond motifs is 2. The van der Waals surface area contributed by atoms with Crippen LogP contribution in [0.5, 0.6) is 5.75 Å². The Morgan fingerprint density at radius 2 is 1.63 bits per heavy atom. The van der Waals surface area contributed by atoms with Crippen LogP contribution in [0.25, 0.3) is 0 Å². The largest absolute Gasteiger partial charge is 0.494 e. The molecule has 4 aliphatic heterocycles. The third-order valence-corrected chi connectivity index (χ3v) is 12.3. The minimum absolute atomic E-state index is 0.0551. The van der Waals surface area contributed by atoms with Crippen molar-refractivity contribution in [1.29, 1.82) is 0 Å². The van der Waals surface area contributed by atoms with Crippen molar-refractivity contribution >= 4 is 40.9 Å². The number of nitrogens with zero attached hydrogens (tertiary/aromatic N) is 3. The first-order chi connectivity index (χ1) is 22.0. The van der Waals surface area contributed by atoms with Gasteiger partial charge < -0.3 is 24.5 Å². The fraction of sp³-hybridized carbons (Fsp3) is 0.486. The lowest BCUT2D eigenvalue weighted by molar-refractivity contribution is -0.143. The molecule has 0 aromatic heterocycles. The number of likely N-dealkylation sites (tertiary alicyclic amines) is 1. The van der Waals surface area contributed by atoms with E-state index in [0.29, 0.717) is 19.7 Å². The lowest BCUT2D eigenvalue weighted by Crippen LogP contribution is -2.58. The first-order valence-electron chi connectivity index (χ1n) is 16.4. The molecule has 0 bridgehead atoms. The van der Waals surface area contributed by atoms with E-state index >= 15 is 4.79 Å². The first-order valence-corrected chi connectivity index (χ1v) is 17.2. The van der Waals surface area contributed by atoms with E-state index in [1.54, 1.807) is 26.5 Å². The van der Waals surface area contributed by atoms with Gasteiger partial charge in [-0.2, -0.15) is 0 Å². The van der Waals surface area contributed by atoms with E-state index in [-0.39, 0.29) is 30.2 Å². The molecule has 3 amide bonds. The Kier molecular flexibility index (Phi) is 8.61. The van der Waals surface area contributed by atoms with Crippen LogP contribution in [0.1, 0.15) is 45.2 Å². The van der Waals surface area contributed by atoms with Crippen LogP contribution in [0.3, 0.4) is 0 Å². The first kappa shape index (κ1) is 32.4. The summed E-state index contributed by atoms with van der Waals surface area (Å²) >= 11 is 1.57. The Morgan fingerprint density at radius 1 is 0.935 bits per heavy atom. The standard InChI is InChI=1S/C37H45N3O5S/c1-7-24(4)29(22-41)40-32-35(44)39(28-21-23(3)11-12-25(28)5)20-10-18-37(32)31(34(40)43)30-33(42)38(19-9-17-36(30,6)46-37)26-13-15-27(16-14-26)45-8-2/h9-18,21,24,29-32,41H,7-8,19-20,22H2,1-6H3/t24-,29-,30+,31-,32?,36-,37-/m0/s1. The van der Waals surface area contributed by atoms with Crippen LogP contribution in [-0.2, 0) is 14.4 Å². The molecule has 244 valence electrons. The monoisotopic (exact) mass is 643 g/mol. The van der Waals surface area contributed by atoms with Gasteiger partial charge in [-0.3, -0.25) is 14.4 Å². The molecule has 1 spiro atoms. The Hall–Kier alpha value is -3.56. The molecule has 0 saturated carbocycles. The number of hydrogen-bond donors (Lipinski definition) is 1. The van der Waals surface area contributed by atoms with Gasteiger partial charge in [-0.05, 0) is 75.1 Å². The molecule has 7 atom stereocenters. The van der Waals surface area contributed by atoms with Crippen LogP contribution in [0, 0.1) is 31.6 Å². The van der Waals surface area contributed by atoms with Gasteiger partial charge in [0.15, 0.2) is 0 Å². The molecule has 9 heteroatoms. The minimum Gasteiger partial charge on any atom is -0.494 e. The Balaban J connectivity index is 1.49. The van der Waals surface area contributed by atoms with Crippen LogP contribution < -0.4 is 14.5 Å².